The van der Waals surface area contributed by atoms with E-state index in [1.807, 2.05) is 38.1 Å². The summed E-state index contributed by atoms with van der Waals surface area (Å²) in [5.41, 5.74) is 1.98. The van der Waals surface area contributed by atoms with Crippen molar-refractivity contribution in [3.8, 4) is 5.75 Å². The topological polar surface area (TPSA) is 66.9 Å². The summed E-state index contributed by atoms with van der Waals surface area (Å²) in [7, 11) is 4.68. The van der Waals surface area contributed by atoms with E-state index in [-0.39, 0.29) is 18.2 Å². The van der Waals surface area contributed by atoms with Gasteiger partial charge in [-0.05, 0) is 62.4 Å². The van der Waals surface area contributed by atoms with Crippen molar-refractivity contribution >= 4 is 18.1 Å². The Hall–Kier alpha value is -2.89. The summed E-state index contributed by atoms with van der Waals surface area (Å²) in [5.74, 6) is 0.0832. The van der Waals surface area contributed by atoms with Crippen LogP contribution < -0.4 is 4.74 Å². The van der Waals surface area contributed by atoms with Crippen LogP contribution in [0.4, 0.5) is 0 Å². The minimum Gasteiger partial charge on any atom is -0.496 e. The zero-order valence-corrected chi connectivity index (χ0v) is 18.1. The number of hydrogen-bond acceptors (Lipinski definition) is 4. The van der Waals surface area contributed by atoms with Gasteiger partial charge < -0.3 is 14.5 Å². The molecule has 0 aromatic heterocycles. The van der Waals surface area contributed by atoms with Crippen molar-refractivity contribution in [1.82, 2.24) is 9.80 Å². The van der Waals surface area contributed by atoms with Crippen molar-refractivity contribution in [2.75, 3.05) is 27.7 Å². The minimum absolute atomic E-state index is 0.0477. The molecule has 0 fully saturated rings. The van der Waals surface area contributed by atoms with Crippen molar-refractivity contribution in [2.45, 2.75) is 39.2 Å². The number of carbonyl (C=O) groups is 3. The Morgan fingerprint density at radius 3 is 2.41 bits per heavy atom. The van der Waals surface area contributed by atoms with E-state index in [1.54, 1.807) is 27.1 Å². The van der Waals surface area contributed by atoms with E-state index in [1.165, 1.54) is 16.9 Å². The van der Waals surface area contributed by atoms with Gasteiger partial charge in [0.1, 0.15) is 11.3 Å². The molecule has 6 nitrogen and oxygen atoms in total. The van der Waals surface area contributed by atoms with Crippen LogP contribution in [-0.2, 0) is 19.9 Å². The fourth-order valence-electron chi connectivity index (χ4n) is 3.50. The molecule has 2 rings (SSSR count). The van der Waals surface area contributed by atoms with Gasteiger partial charge in [0.2, 0.25) is 6.41 Å². The van der Waals surface area contributed by atoms with Crippen LogP contribution in [0.2, 0.25) is 0 Å². The number of carbonyl (C=O) groups excluding carboxylic acids is 3. The van der Waals surface area contributed by atoms with Gasteiger partial charge in [-0.2, -0.15) is 0 Å². The zero-order chi connectivity index (χ0) is 21.8. The first-order valence-electron chi connectivity index (χ1n) is 9.65. The molecule has 0 heterocycles. The molecule has 6 heteroatoms. The first kappa shape index (κ1) is 22.4. The number of benzene rings is 1. The van der Waals surface area contributed by atoms with E-state index < -0.39 is 5.54 Å². The number of ketones is 1. The van der Waals surface area contributed by atoms with Gasteiger partial charge in [-0.3, -0.25) is 14.4 Å². The Bertz CT molecular complexity index is 872. The van der Waals surface area contributed by atoms with Crippen molar-refractivity contribution < 1.29 is 19.1 Å². The Balaban J connectivity index is 2.43. The summed E-state index contributed by atoms with van der Waals surface area (Å²) >= 11 is 0. The molecule has 0 N–H and O–H groups in total. The molecule has 29 heavy (non-hydrogen) atoms. The third kappa shape index (κ3) is 4.42. The Kier molecular flexibility index (Phi) is 7.01. The molecule has 2 amide bonds. The molecule has 0 saturated heterocycles. The lowest BCUT2D eigenvalue weighted by Crippen LogP contribution is -2.54. The lowest BCUT2D eigenvalue weighted by Gasteiger charge is -2.39. The van der Waals surface area contributed by atoms with Crippen molar-refractivity contribution in [2.24, 2.45) is 0 Å². The van der Waals surface area contributed by atoms with Crippen LogP contribution in [0, 0.1) is 13.8 Å². The van der Waals surface area contributed by atoms with Crippen LogP contribution in [0.15, 0.2) is 35.9 Å². The van der Waals surface area contributed by atoms with E-state index >= 15 is 0 Å². The quantitative estimate of drug-likeness (QED) is 0.632. The largest absolute Gasteiger partial charge is 0.496 e. The maximum atomic E-state index is 13.5. The number of methoxy groups -OCH3 is 1. The van der Waals surface area contributed by atoms with Crippen LogP contribution >= 0.6 is 0 Å². The van der Waals surface area contributed by atoms with Gasteiger partial charge in [-0.15, -0.1) is 0 Å². The first-order chi connectivity index (χ1) is 13.7. The molecule has 0 bridgehead atoms. The maximum Gasteiger partial charge on any atom is 0.253 e. The number of likely N-dealkylation sites (N-methyl/N-ethyl adjacent to an activating group) is 2. The second-order valence-electron chi connectivity index (χ2n) is 7.67. The van der Waals surface area contributed by atoms with Crippen LogP contribution in [0.1, 0.15) is 36.5 Å². The fraction of sp³-hybridized carbons (Fsp3) is 0.435. The molecule has 0 aliphatic heterocycles. The van der Waals surface area contributed by atoms with Crippen LogP contribution in [0.25, 0.3) is 0 Å². The first-order valence-corrected chi connectivity index (χ1v) is 9.65. The number of allylic oxidation sites excluding steroid dienone is 3. The number of hydrogen-bond donors (Lipinski definition) is 0. The second kappa shape index (κ2) is 9.07. The summed E-state index contributed by atoms with van der Waals surface area (Å²) < 4.78 is 5.53. The summed E-state index contributed by atoms with van der Waals surface area (Å²) in [5, 5.41) is 0. The lowest BCUT2D eigenvalue weighted by atomic mass is 9.86. The Labute approximate surface area is 172 Å². The molecule has 0 saturated carbocycles. The van der Waals surface area contributed by atoms with Crippen LogP contribution in [0.5, 0.6) is 5.75 Å². The highest BCUT2D eigenvalue weighted by molar-refractivity contribution is 6.00. The summed E-state index contributed by atoms with van der Waals surface area (Å²) in [6, 6.07) is 3.73. The van der Waals surface area contributed by atoms with Crippen molar-refractivity contribution in [3.05, 3.63) is 52.6 Å². The average Bonchev–Trinajstić information content (AvgIpc) is 2.73. The Morgan fingerprint density at radius 1 is 1.21 bits per heavy atom. The van der Waals surface area contributed by atoms with Crippen molar-refractivity contribution in [1.29, 1.82) is 0 Å². The number of Topliss-reactive ketones (excluding diaryl/α,β-unsaturated/α-hetero) is 1. The van der Waals surface area contributed by atoms with E-state index in [9.17, 15) is 14.4 Å². The summed E-state index contributed by atoms with van der Waals surface area (Å²) in [6.07, 6.45) is 7.79. The van der Waals surface area contributed by atoms with E-state index in [0.29, 0.717) is 29.7 Å². The molecular weight excluding hydrogens is 368 g/mol. The van der Waals surface area contributed by atoms with Gasteiger partial charge in [0.15, 0.2) is 5.78 Å². The third-order valence-corrected chi connectivity index (χ3v) is 5.72. The van der Waals surface area contributed by atoms with Crippen LogP contribution in [-0.4, -0.2) is 55.7 Å². The number of ether oxygens (including phenoxy) is 1. The third-order valence-electron chi connectivity index (χ3n) is 5.72. The highest BCUT2D eigenvalue weighted by Crippen LogP contribution is 2.37. The number of amides is 2. The predicted octanol–water partition coefficient (Wildman–Crippen LogP) is 2.92. The summed E-state index contributed by atoms with van der Waals surface area (Å²) in [6.45, 7) is 5.54. The SMILES string of the molecule is COc1cc(C)c(C)cc1C(C)(C(=O)N(C)CC(=O)C1=CC=CCC1)N(C)C=O. The van der Waals surface area contributed by atoms with E-state index in [4.69, 9.17) is 4.74 Å². The van der Waals surface area contributed by atoms with Crippen LogP contribution in [0.3, 0.4) is 0 Å². The van der Waals surface area contributed by atoms with Gasteiger partial charge in [0.05, 0.1) is 13.7 Å². The predicted molar refractivity (Wildman–Crippen MR) is 113 cm³/mol. The number of nitrogens with zero attached hydrogens (tertiary/aromatic N) is 2. The monoisotopic (exact) mass is 398 g/mol. The molecule has 0 spiro atoms. The lowest BCUT2D eigenvalue weighted by molar-refractivity contribution is -0.147. The standard InChI is InChI=1S/C23H30N2O4/c1-16-12-19(21(29-6)13-17(16)2)23(3,25(5)15-26)22(28)24(4)14-20(27)18-10-8-7-9-11-18/h7-8,10,12-13,15H,9,11,14H2,1-6H3. The van der Waals surface area contributed by atoms with Crippen molar-refractivity contribution in [3.63, 3.8) is 0 Å². The number of rotatable bonds is 8. The van der Waals surface area contributed by atoms with Gasteiger partial charge in [0, 0.05) is 19.7 Å². The Morgan fingerprint density at radius 2 is 1.86 bits per heavy atom. The fourth-order valence-corrected chi connectivity index (χ4v) is 3.50. The molecule has 1 unspecified atom stereocenters. The van der Waals surface area contributed by atoms with E-state index in [0.717, 1.165) is 17.5 Å². The minimum atomic E-state index is -1.32. The maximum absolute atomic E-state index is 13.5. The normalized spacial score (nSPS) is 15.2. The smallest absolute Gasteiger partial charge is 0.253 e. The van der Waals surface area contributed by atoms with Gasteiger partial charge in [-0.25, -0.2) is 0 Å². The molecule has 156 valence electrons. The molecule has 1 aromatic rings. The molecule has 1 aliphatic rings. The second-order valence-corrected chi connectivity index (χ2v) is 7.67. The molecule has 1 aromatic carbocycles. The average molecular weight is 399 g/mol. The van der Waals surface area contributed by atoms with Gasteiger partial charge >= 0.3 is 0 Å². The number of aryl methyl sites for hydroxylation is 2. The zero-order valence-electron chi connectivity index (χ0n) is 18.1. The molecule has 0 radical (unpaired) electrons. The highest BCUT2D eigenvalue weighted by atomic mass is 16.5. The van der Waals surface area contributed by atoms with Gasteiger partial charge in [-0.1, -0.05) is 18.2 Å². The summed E-state index contributed by atoms with van der Waals surface area (Å²) in [4.78, 5) is 40.6. The molecular formula is C23H30N2O4. The molecule has 1 aliphatic carbocycles. The highest BCUT2D eigenvalue weighted by Gasteiger charge is 2.43. The molecule has 1 atom stereocenters. The van der Waals surface area contributed by atoms with E-state index in [2.05, 4.69) is 0 Å². The van der Waals surface area contributed by atoms with Gasteiger partial charge in [0.25, 0.3) is 5.91 Å².